The van der Waals surface area contributed by atoms with Gasteiger partial charge in [-0.3, -0.25) is 9.78 Å². The van der Waals surface area contributed by atoms with Crippen molar-refractivity contribution < 1.29 is 4.79 Å². The van der Waals surface area contributed by atoms with Gasteiger partial charge in [-0.15, -0.1) is 11.3 Å². The van der Waals surface area contributed by atoms with Gasteiger partial charge in [-0.2, -0.15) is 0 Å². The molecule has 1 aliphatic rings. The molecule has 0 saturated heterocycles. The van der Waals surface area contributed by atoms with Crippen LogP contribution < -0.4 is 5.32 Å². The number of aromatic nitrogens is 3. The number of hydrogen-bond acceptors (Lipinski definition) is 4. The molecule has 0 bridgehead atoms. The van der Waals surface area contributed by atoms with E-state index in [1.54, 1.807) is 17.5 Å². The Bertz CT molecular complexity index is 1120. The third kappa shape index (κ3) is 3.20. The maximum absolute atomic E-state index is 12.5. The normalized spacial score (nSPS) is 13.4. The lowest BCUT2D eigenvalue weighted by atomic mass is 9.99. The van der Waals surface area contributed by atoms with Gasteiger partial charge < -0.3 is 10.3 Å². The molecule has 4 heterocycles. The molecule has 0 radical (unpaired) electrons. The summed E-state index contributed by atoms with van der Waals surface area (Å²) < 4.78 is 0. The summed E-state index contributed by atoms with van der Waals surface area (Å²) in [7, 11) is 0. The number of amides is 1. The summed E-state index contributed by atoms with van der Waals surface area (Å²) in [6.07, 6.45) is 10.2. The van der Waals surface area contributed by atoms with Crippen LogP contribution in [0.15, 0.2) is 48.9 Å². The zero-order valence-corrected chi connectivity index (χ0v) is 16.2. The summed E-state index contributed by atoms with van der Waals surface area (Å²) in [5.74, 6) is 0.00615. The topological polar surface area (TPSA) is 70.7 Å². The highest BCUT2D eigenvalue weighted by atomic mass is 32.1. The highest BCUT2D eigenvalue weighted by molar-refractivity contribution is 7.14. The monoisotopic (exact) mass is 388 g/mol. The minimum absolute atomic E-state index is 0.00615. The van der Waals surface area contributed by atoms with E-state index in [0.717, 1.165) is 45.6 Å². The Morgan fingerprint density at radius 3 is 2.93 bits per heavy atom. The molecule has 0 aromatic carbocycles. The molecule has 4 aromatic heterocycles. The zero-order chi connectivity index (χ0) is 18.9. The first-order valence-corrected chi connectivity index (χ1v) is 10.4. The Labute approximate surface area is 166 Å². The lowest BCUT2D eigenvalue weighted by molar-refractivity contribution is 0.0955. The van der Waals surface area contributed by atoms with Gasteiger partial charge in [-0.1, -0.05) is 6.07 Å². The smallest absolute Gasteiger partial charge is 0.261 e. The van der Waals surface area contributed by atoms with Crippen LogP contribution >= 0.6 is 11.3 Å². The first-order chi connectivity index (χ1) is 13.8. The van der Waals surface area contributed by atoms with Gasteiger partial charge in [0.1, 0.15) is 5.65 Å². The van der Waals surface area contributed by atoms with Crippen LogP contribution in [-0.2, 0) is 19.4 Å². The van der Waals surface area contributed by atoms with Gasteiger partial charge >= 0.3 is 0 Å². The molecule has 0 atom stereocenters. The van der Waals surface area contributed by atoms with Crippen LogP contribution in [0, 0.1) is 0 Å². The predicted octanol–water partition coefficient (Wildman–Crippen LogP) is 4.50. The van der Waals surface area contributed by atoms with Crippen LogP contribution in [0.1, 0.15) is 38.5 Å². The number of H-pyrrole nitrogens is 1. The van der Waals surface area contributed by atoms with Gasteiger partial charge in [0, 0.05) is 41.0 Å². The fourth-order valence-corrected chi connectivity index (χ4v) is 4.91. The van der Waals surface area contributed by atoms with E-state index in [9.17, 15) is 4.79 Å². The number of pyridine rings is 2. The van der Waals surface area contributed by atoms with E-state index in [2.05, 4.69) is 26.3 Å². The van der Waals surface area contributed by atoms with E-state index < -0.39 is 0 Å². The zero-order valence-electron chi connectivity index (χ0n) is 15.4. The maximum Gasteiger partial charge on any atom is 0.261 e. The molecule has 28 heavy (non-hydrogen) atoms. The van der Waals surface area contributed by atoms with E-state index in [-0.39, 0.29) is 5.91 Å². The van der Waals surface area contributed by atoms with Crippen molar-refractivity contribution in [3.8, 4) is 11.3 Å². The highest BCUT2D eigenvalue weighted by Crippen LogP contribution is 2.29. The maximum atomic E-state index is 12.5. The summed E-state index contributed by atoms with van der Waals surface area (Å²) in [6, 6.07) is 10.1. The quantitative estimate of drug-likeness (QED) is 0.541. The fraction of sp³-hybridized carbons (Fsp3) is 0.227. The number of fused-ring (bicyclic) bond motifs is 2. The molecule has 0 unspecified atom stereocenters. The summed E-state index contributed by atoms with van der Waals surface area (Å²) in [5.41, 5.74) is 5.15. The molecule has 140 valence electrons. The molecular weight excluding hydrogens is 368 g/mol. The molecule has 1 aliphatic carbocycles. The van der Waals surface area contributed by atoms with Crippen molar-refractivity contribution >= 4 is 28.3 Å². The van der Waals surface area contributed by atoms with Gasteiger partial charge in [-0.05, 0) is 61.1 Å². The van der Waals surface area contributed by atoms with Gasteiger partial charge in [0.2, 0.25) is 0 Å². The first-order valence-electron chi connectivity index (χ1n) is 9.55. The number of rotatable bonds is 4. The number of carbonyl (C=O) groups is 1. The van der Waals surface area contributed by atoms with Gasteiger partial charge in [0.15, 0.2) is 0 Å². The standard InChI is InChI=1S/C22H20N4OS/c27-22(20-11-15-3-1-2-4-19(15)28-20)26-13-14-5-6-18(25-12-14)16-7-9-23-21-17(16)8-10-24-21/h5-12H,1-4,13H2,(H,23,24)(H,26,27). The van der Waals surface area contributed by atoms with E-state index in [4.69, 9.17) is 0 Å². The number of nitrogens with zero attached hydrogens (tertiary/aromatic N) is 2. The summed E-state index contributed by atoms with van der Waals surface area (Å²) in [5, 5.41) is 4.08. The van der Waals surface area contributed by atoms with Crippen LogP contribution in [0.5, 0.6) is 0 Å². The van der Waals surface area contributed by atoms with Crippen molar-refractivity contribution in [2.75, 3.05) is 0 Å². The molecule has 0 saturated carbocycles. The van der Waals surface area contributed by atoms with Crippen LogP contribution in [0.3, 0.4) is 0 Å². The molecule has 6 heteroatoms. The van der Waals surface area contributed by atoms with E-state index >= 15 is 0 Å². The average Bonchev–Trinajstić information content (AvgIpc) is 3.39. The number of aryl methyl sites for hydroxylation is 2. The third-order valence-corrected chi connectivity index (χ3v) is 6.47. The van der Waals surface area contributed by atoms with Crippen LogP contribution in [0.4, 0.5) is 0 Å². The fourth-order valence-electron chi connectivity index (χ4n) is 3.74. The van der Waals surface area contributed by atoms with Crippen molar-refractivity contribution in [2.24, 2.45) is 0 Å². The summed E-state index contributed by atoms with van der Waals surface area (Å²) >= 11 is 1.64. The van der Waals surface area contributed by atoms with Gasteiger partial charge in [-0.25, -0.2) is 4.98 Å². The molecular formula is C22H20N4OS. The average molecular weight is 388 g/mol. The number of hydrogen-bond donors (Lipinski definition) is 2. The van der Waals surface area contributed by atoms with Crippen molar-refractivity contribution in [1.29, 1.82) is 0 Å². The van der Waals surface area contributed by atoms with Crippen molar-refractivity contribution in [3.63, 3.8) is 0 Å². The van der Waals surface area contributed by atoms with Crippen LogP contribution in [0.25, 0.3) is 22.3 Å². The molecule has 0 spiro atoms. The Morgan fingerprint density at radius 2 is 2.07 bits per heavy atom. The van der Waals surface area contributed by atoms with Gasteiger partial charge in [0.25, 0.3) is 5.91 Å². The number of aromatic amines is 1. The third-order valence-electron chi connectivity index (χ3n) is 5.23. The Hall–Kier alpha value is -2.99. The molecule has 0 aliphatic heterocycles. The van der Waals surface area contributed by atoms with Crippen molar-refractivity contribution in [2.45, 2.75) is 32.2 Å². The van der Waals surface area contributed by atoms with Crippen molar-refractivity contribution in [3.05, 3.63) is 69.8 Å². The molecule has 1 amide bonds. The lowest BCUT2D eigenvalue weighted by Crippen LogP contribution is -2.21. The Kier molecular flexibility index (Phi) is 4.41. The second-order valence-electron chi connectivity index (χ2n) is 7.10. The van der Waals surface area contributed by atoms with Crippen LogP contribution in [-0.4, -0.2) is 20.9 Å². The number of nitrogens with one attached hydrogen (secondary N) is 2. The molecule has 4 aromatic rings. The van der Waals surface area contributed by atoms with Gasteiger partial charge in [0.05, 0.1) is 10.6 Å². The predicted molar refractivity (Wildman–Crippen MR) is 111 cm³/mol. The minimum Gasteiger partial charge on any atom is -0.347 e. The largest absolute Gasteiger partial charge is 0.347 e. The van der Waals surface area contributed by atoms with E-state index in [0.29, 0.717) is 6.54 Å². The van der Waals surface area contributed by atoms with Crippen LogP contribution in [0.2, 0.25) is 0 Å². The second kappa shape index (κ2) is 7.20. The van der Waals surface area contributed by atoms with Crippen molar-refractivity contribution in [1.82, 2.24) is 20.3 Å². The molecule has 2 N–H and O–H groups in total. The second-order valence-corrected chi connectivity index (χ2v) is 8.24. The number of carbonyl (C=O) groups excluding carboxylic acids is 1. The first kappa shape index (κ1) is 17.1. The molecule has 5 nitrogen and oxygen atoms in total. The minimum atomic E-state index is 0.00615. The number of thiophene rings is 1. The van der Waals surface area contributed by atoms with E-state index in [1.165, 1.54) is 23.3 Å². The lowest BCUT2D eigenvalue weighted by Gasteiger charge is -2.08. The SMILES string of the molecule is O=C(NCc1ccc(-c2ccnc3[nH]ccc23)nc1)c1cc2c(s1)CCCC2. The Balaban J connectivity index is 1.28. The molecule has 5 rings (SSSR count). The highest BCUT2D eigenvalue weighted by Gasteiger charge is 2.17. The van der Waals surface area contributed by atoms with E-state index in [1.807, 2.05) is 36.7 Å². The molecule has 0 fully saturated rings. The summed E-state index contributed by atoms with van der Waals surface area (Å²) in [4.78, 5) is 26.7. The Morgan fingerprint density at radius 1 is 1.14 bits per heavy atom. The summed E-state index contributed by atoms with van der Waals surface area (Å²) in [6.45, 7) is 0.477.